The number of rotatable bonds is 3. The highest BCUT2D eigenvalue weighted by Gasteiger charge is 2.21. The lowest BCUT2D eigenvalue weighted by molar-refractivity contribution is -0.737. The molecule has 0 unspecified atom stereocenters. The van der Waals surface area contributed by atoms with Gasteiger partial charge in [-0.1, -0.05) is 35.9 Å². The lowest BCUT2D eigenvalue weighted by Crippen LogP contribution is -2.44. The highest BCUT2D eigenvalue weighted by Crippen LogP contribution is 2.15. The Hall–Kier alpha value is -3.58. The molecule has 0 radical (unpaired) electrons. The zero-order chi connectivity index (χ0) is 19.9. The predicted octanol–water partition coefficient (Wildman–Crippen LogP) is 2.02. The molecule has 0 aliphatic rings. The summed E-state index contributed by atoms with van der Waals surface area (Å²) in [6.45, 7) is 0.972. The number of hydrogen-bond acceptors (Lipinski definition) is 5. The van der Waals surface area contributed by atoms with Gasteiger partial charge in [0.15, 0.2) is 0 Å². The van der Waals surface area contributed by atoms with Gasteiger partial charge in [-0.15, -0.1) is 4.98 Å². The molecule has 0 bridgehead atoms. The Morgan fingerprint density at radius 1 is 1.00 bits per heavy atom. The van der Waals surface area contributed by atoms with Gasteiger partial charge in [-0.05, 0) is 64.1 Å². The van der Waals surface area contributed by atoms with E-state index in [2.05, 4.69) is 15.2 Å². The molecule has 140 valence electrons. The summed E-state index contributed by atoms with van der Waals surface area (Å²) < 4.78 is 0. The van der Waals surface area contributed by atoms with Crippen LogP contribution in [0, 0.1) is 0 Å². The van der Waals surface area contributed by atoms with Crippen molar-refractivity contribution in [3.63, 3.8) is 0 Å². The third-order valence-corrected chi connectivity index (χ3v) is 3.75. The molecular formula is C20H16ClN5O2. The summed E-state index contributed by atoms with van der Waals surface area (Å²) in [6.07, 6.45) is 1.73. The average molecular weight is 394 g/mol. The monoisotopic (exact) mass is 393 g/mol. The van der Waals surface area contributed by atoms with Gasteiger partial charge in [0, 0.05) is 27.7 Å². The molecule has 0 aliphatic heterocycles. The van der Waals surface area contributed by atoms with Crippen LogP contribution in [0.25, 0.3) is 22.9 Å². The van der Waals surface area contributed by atoms with E-state index in [9.17, 15) is 0 Å². The van der Waals surface area contributed by atoms with Crippen molar-refractivity contribution in [3.8, 4) is 22.9 Å². The van der Waals surface area contributed by atoms with E-state index in [1.807, 2.05) is 72.8 Å². The van der Waals surface area contributed by atoms with E-state index in [1.54, 1.807) is 15.8 Å². The minimum Gasteiger partial charge on any atom is -0.550 e. The maximum absolute atomic E-state index is 8.89. The number of carbonyl (C=O) groups excluding carboxylic acids is 1. The summed E-state index contributed by atoms with van der Waals surface area (Å²) in [4.78, 5) is 16.6. The van der Waals surface area contributed by atoms with Crippen molar-refractivity contribution in [2.75, 3.05) is 0 Å². The third kappa shape index (κ3) is 4.77. The number of carboxylic acid groups (broad SMARTS) is 1. The Bertz CT molecular complexity index is 1050. The van der Waals surface area contributed by atoms with Crippen molar-refractivity contribution in [2.45, 2.75) is 6.92 Å². The van der Waals surface area contributed by atoms with E-state index in [-0.39, 0.29) is 0 Å². The molecule has 4 rings (SSSR count). The lowest BCUT2D eigenvalue weighted by Gasteiger charge is -1.99. The number of carbonyl (C=O) groups is 1. The number of carboxylic acids is 1. The molecule has 2 heterocycles. The fourth-order valence-electron chi connectivity index (χ4n) is 2.35. The molecule has 0 amide bonds. The van der Waals surface area contributed by atoms with Crippen molar-refractivity contribution in [3.05, 3.63) is 84.0 Å². The van der Waals surface area contributed by atoms with Crippen LogP contribution < -0.4 is 9.90 Å². The second-order valence-electron chi connectivity index (χ2n) is 5.62. The van der Waals surface area contributed by atoms with Crippen molar-refractivity contribution in [2.24, 2.45) is 0 Å². The van der Waals surface area contributed by atoms with E-state index in [0.717, 1.165) is 18.2 Å². The first-order chi connectivity index (χ1) is 13.5. The van der Waals surface area contributed by atoms with Crippen LogP contribution in [-0.4, -0.2) is 25.9 Å². The molecule has 0 saturated carbocycles. The first kappa shape index (κ1) is 19.2. The van der Waals surface area contributed by atoms with Crippen LogP contribution in [-0.2, 0) is 4.79 Å². The normalized spacial score (nSPS) is 10.1. The fraction of sp³-hybridized carbons (Fsp3) is 0.0500. The SMILES string of the molecule is CC(=O)[O-].Clc1ccc(-n2nc(-c3ccccc3)n[n+]2-c2ccccn2)cc1. The van der Waals surface area contributed by atoms with Crippen LogP contribution in [0.15, 0.2) is 79.0 Å². The fourth-order valence-corrected chi connectivity index (χ4v) is 2.47. The Morgan fingerprint density at radius 2 is 1.64 bits per heavy atom. The topological polar surface area (TPSA) is 87.6 Å². The molecule has 0 N–H and O–H groups in total. The van der Waals surface area contributed by atoms with Gasteiger partial charge in [-0.3, -0.25) is 0 Å². The second kappa shape index (κ2) is 8.88. The van der Waals surface area contributed by atoms with E-state index >= 15 is 0 Å². The van der Waals surface area contributed by atoms with Crippen molar-refractivity contribution < 1.29 is 14.7 Å². The van der Waals surface area contributed by atoms with Crippen LogP contribution in [0.2, 0.25) is 5.02 Å². The second-order valence-corrected chi connectivity index (χ2v) is 6.06. The first-order valence-electron chi connectivity index (χ1n) is 8.34. The van der Waals surface area contributed by atoms with Crippen LogP contribution in [0.4, 0.5) is 0 Å². The first-order valence-corrected chi connectivity index (χ1v) is 8.72. The molecule has 0 saturated heterocycles. The van der Waals surface area contributed by atoms with Gasteiger partial charge in [0.25, 0.3) is 5.82 Å². The predicted molar refractivity (Wildman–Crippen MR) is 102 cm³/mol. The van der Waals surface area contributed by atoms with Gasteiger partial charge in [0.2, 0.25) is 0 Å². The van der Waals surface area contributed by atoms with E-state index in [4.69, 9.17) is 21.5 Å². The Morgan fingerprint density at radius 3 is 2.25 bits per heavy atom. The average Bonchev–Trinajstić information content (AvgIpc) is 3.15. The standard InChI is InChI=1S/C18H13ClN5.C2H4O2/c19-15-9-11-16(12-10-15)23-21-18(14-6-2-1-3-7-14)22-24(23)17-8-4-5-13-20-17;1-2(3)4/h1-13H;1H3,(H,3,4)/q+1;/p-1. The molecule has 2 aromatic carbocycles. The van der Waals surface area contributed by atoms with Gasteiger partial charge in [0.05, 0.1) is 0 Å². The zero-order valence-corrected chi connectivity index (χ0v) is 15.7. The van der Waals surface area contributed by atoms with E-state index in [1.165, 1.54) is 0 Å². The minimum atomic E-state index is -1.08. The number of nitrogens with zero attached hydrogens (tertiary/aromatic N) is 5. The number of aliphatic carboxylic acids is 1. The van der Waals surface area contributed by atoms with Crippen molar-refractivity contribution in [1.82, 2.24) is 20.0 Å². The number of halogens is 1. The summed E-state index contributed by atoms with van der Waals surface area (Å²) in [7, 11) is 0. The molecule has 0 spiro atoms. The van der Waals surface area contributed by atoms with Crippen LogP contribution >= 0.6 is 11.6 Å². The Kier molecular flexibility index (Phi) is 6.08. The smallest absolute Gasteiger partial charge is 0.306 e. The highest BCUT2D eigenvalue weighted by atomic mass is 35.5. The van der Waals surface area contributed by atoms with Crippen LogP contribution in [0.5, 0.6) is 0 Å². The van der Waals surface area contributed by atoms with E-state index in [0.29, 0.717) is 16.7 Å². The molecule has 0 atom stereocenters. The Balaban J connectivity index is 0.000000516. The number of benzene rings is 2. The summed E-state index contributed by atoms with van der Waals surface area (Å²) in [6, 6.07) is 22.9. The van der Waals surface area contributed by atoms with Gasteiger partial charge in [-0.25, -0.2) is 0 Å². The third-order valence-electron chi connectivity index (χ3n) is 3.50. The van der Waals surface area contributed by atoms with Crippen molar-refractivity contribution >= 4 is 17.6 Å². The number of pyridine rings is 1. The van der Waals surface area contributed by atoms with Crippen LogP contribution in [0.3, 0.4) is 0 Å². The van der Waals surface area contributed by atoms with Gasteiger partial charge in [0.1, 0.15) is 11.9 Å². The maximum Gasteiger partial charge on any atom is 0.306 e. The lowest BCUT2D eigenvalue weighted by atomic mass is 10.2. The highest BCUT2D eigenvalue weighted by molar-refractivity contribution is 6.30. The molecule has 8 heteroatoms. The van der Waals surface area contributed by atoms with Crippen LogP contribution in [0.1, 0.15) is 6.92 Å². The summed E-state index contributed by atoms with van der Waals surface area (Å²) >= 11 is 5.99. The maximum atomic E-state index is 8.89. The summed E-state index contributed by atoms with van der Waals surface area (Å²) in [5.41, 5.74) is 1.79. The summed E-state index contributed by atoms with van der Waals surface area (Å²) in [5.74, 6) is 0.221. The number of aromatic nitrogens is 5. The molecule has 2 aromatic heterocycles. The molecule has 0 fully saturated rings. The van der Waals surface area contributed by atoms with Gasteiger partial charge >= 0.3 is 5.82 Å². The largest absolute Gasteiger partial charge is 0.550 e. The molecule has 28 heavy (non-hydrogen) atoms. The number of tetrazole rings is 1. The molecule has 0 aliphatic carbocycles. The molecular weight excluding hydrogens is 378 g/mol. The van der Waals surface area contributed by atoms with Crippen molar-refractivity contribution in [1.29, 1.82) is 0 Å². The summed E-state index contributed by atoms with van der Waals surface area (Å²) in [5, 5.41) is 18.8. The quantitative estimate of drug-likeness (QED) is 0.497. The minimum absolute atomic E-state index is 0.621. The zero-order valence-electron chi connectivity index (χ0n) is 14.9. The Labute approximate surface area is 166 Å². The van der Waals surface area contributed by atoms with Gasteiger partial charge < -0.3 is 9.90 Å². The van der Waals surface area contributed by atoms with E-state index < -0.39 is 5.97 Å². The van der Waals surface area contributed by atoms with Gasteiger partial charge in [-0.2, -0.15) is 0 Å². The molecule has 4 aromatic rings. The number of hydrogen-bond donors (Lipinski definition) is 0. The molecule has 7 nitrogen and oxygen atoms in total.